The molecule has 5 aromatic rings. The molecule has 4 amide bonds. The average Bonchev–Trinajstić information content (AvgIpc) is 4.04. The van der Waals surface area contributed by atoms with Gasteiger partial charge in [-0.2, -0.15) is 0 Å². The van der Waals surface area contributed by atoms with Gasteiger partial charge in [-0.05, 0) is 83.5 Å². The van der Waals surface area contributed by atoms with Crippen LogP contribution in [-0.4, -0.2) is 117 Å². The fourth-order valence-electron chi connectivity index (χ4n) is 9.41. The first-order valence-corrected chi connectivity index (χ1v) is 20.9. The van der Waals surface area contributed by atoms with Crippen LogP contribution in [0.2, 0.25) is 0 Å². The zero-order chi connectivity index (χ0) is 43.2. The monoisotopic (exact) mass is 818 g/mol. The number of nitrogens with one attached hydrogen (secondary N) is 1. The number of carbonyl (C=O) groups excluding carboxylic acids is 4. The Kier molecular flexibility index (Phi) is 11.9. The molecule has 0 bridgehead atoms. The van der Waals surface area contributed by atoms with Crippen LogP contribution in [-0.2, 0) is 26.1 Å². The molecule has 7 rings (SSSR count). The highest BCUT2D eigenvalue weighted by atomic mass is 16.5. The molecule has 14 heteroatoms. The third kappa shape index (κ3) is 7.79. The Morgan fingerprint density at radius 2 is 1.27 bits per heavy atom. The van der Waals surface area contributed by atoms with Gasteiger partial charge in [0.05, 0.1) is 48.4 Å². The number of likely N-dealkylation sites (N-methyl/N-ethyl adjacent to an activating group) is 2. The maximum atomic E-state index is 14.0. The maximum Gasteiger partial charge on any atom is 0.409 e. The van der Waals surface area contributed by atoms with Crippen molar-refractivity contribution in [1.82, 2.24) is 39.1 Å². The molecule has 0 unspecified atom stereocenters. The second-order valence-corrected chi connectivity index (χ2v) is 17.2. The molecule has 2 saturated heterocycles. The van der Waals surface area contributed by atoms with Crippen molar-refractivity contribution in [3.63, 3.8) is 0 Å². The van der Waals surface area contributed by atoms with E-state index in [4.69, 9.17) is 19.4 Å². The van der Waals surface area contributed by atoms with Crippen LogP contribution in [0.25, 0.3) is 44.3 Å². The summed E-state index contributed by atoms with van der Waals surface area (Å²) in [5.41, 5.74) is 7.77. The number of methoxy groups -OCH3 is 2. The molecule has 2 aromatic heterocycles. The Labute approximate surface area is 351 Å². The lowest BCUT2D eigenvalue weighted by atomic mass is 10.00. The van der Waals surface area contributed by atoms with Crippen LogP contribution >= 0.6 is 0 Å². The minimum Gasteiger partial charge on any atom is -0.453 e. The smallest absolute Gasteiger partial charge is 0.409 e. The highest BCUT2D eigenvalue weighted by molar-refractivity contribution is 5.89. The van der Waals surface area contributed by atoms with Crippen LogP contribution in [0.15, 0.2) is 60.7 Å². The van der Waals surface area contributed by atoms with Gasteiger partial charge in [-0.15, -0.1) is 0 Å². The highest BCUT2D eigenvalue weighted by Crippen LogP contribution is 2.38. The van der Waals surface area contributed by atoms with Gasteiger partial charge in [0, 0.05) is 34.2 Å². The quantitative estimate of drug-likeness (QED) is 0.150. The molecule has 0 spiro atoms. The third-order valence-electron chi connectivity index (χ3n) is 12.4. The van der Waals surface area contributed by atoms with E-state index in [-0.39, 0.29) is 41.7 Å². The van der Waals surface area contributed by atoms with Gasteiger partial charge in [0.2, 0.25) is 11.8 Å². The summed E-state index contributed by atoms with van der Waals surface area (Å²) in [6.45, 7) is 11.1. The summed E-state index contributed by atoms with van der Waals surface area (Å²) in [6.07, 6.45) is 1.35. The predicted molar refractivity (Wildman–Crippen MR) is 231 cm³/mol. The van der Waals surface area contributed by atoms with Crippen molar-refractivity contribution in [1.29, 1.82) is 0 Å². The lowest BCUT2D eigenvalue weighted by Crippen LogP contribution is -2.52. The van der Waals surface area contributed by atoms with Crippen molar-refractivity contribution < 1.29 is 28.7 Å². The molecule has 2 aliphatic heterocycles. The number of imidazole rings is 2. The molecule has 60 heavy (non-hydrogen) atoms. The van der Waals surface area contributed by atoms with Crippen LogP contribution in [0.5, 0.6) is 0 Å². The summed E-state index contributed by atoms with van der Waals surface area (Å²) in [7, 11) is 7.89. The first-order chi connectivity index (χ1) is 28.6. The molecule has 2 aliphatic rings. The second-order valence-electron chi connectivity index (χ2n) is 17.2. The van der Waals surface area contributed by atoms with Gasteiger partial charge in [0.25, 0.3) is 0 Å². The molecule has 318 valence electrons. The minimum absolute atomic E-state index is 0.0935. The molecule has 5 atom stereocenters. The average molecular weight is 819 g/mol. The maximum absolute atomic E-state index is 14.0. The van der Waals surface area contributed by atoms with Gasteiger partial charge in [-0.1, -0.05) is 71.0 Å². The number of aryl methyl sites for hydroxylation is 1. The fraction of sp³-hybridized carbons (Fsp3) is 0.478. The van der Waals surface area contributed by atoms with E-state index < -0.39 is 24.3 Å². The van der Waals surface area contributed by atoms with E-state index in [0.29, 0.717) is 13.1 Å². The number of nitrogens with zero attached hydrogens (tertiary/aromatic N) is 7. The molecule has 3 aromatic carbocycles. The number of carbonyl (C=O) groups is 4. The van der Waals surface area contributed by atoms with E-state index in [0.717, 1.165) is 75.2 Å². The van der Waals surface area contributed by atoms with Crippen molar-refractivity contribution in [2.75, 3.05) is 41.4 Å². The number of benzene rings is 3. The molecule has 0 radical (unpaired) electrons. The summed E-state index contributed by atoms with van der Waals surface area (Å²) in [5.74, 6) is 1.45. The fourth-order valence-corrected chi connectivity index (χ4v) is 9.41. The van der Waals surface area contributed by atoms with E-state index in [1.807, 2.05) is 56.7 Å². The zero-order valence-electron chi connectivity index (χ0n) is 36.4. The van der Waals surface area contributed by atoms with Crippen LogP contribution in [0.3, 0.4) is 0 Å². The predicted octanol–water partition coefficient (Wildman–Crippen LogP) is 7.80. The number of H-pyrrole nitrogens is 1. The normalized spacial score (nSPS) is 19.0. The van der Waals surface area contributed by atoms with Crippen LogP contribution in [0, 0.1) is 17.8 Å². The molecular weight excluding hydrogens is 761 g/mol. The van der Waals surface area contributed by atoms with Crippen molar-refractivity contribution in [3.8, 4) is 22.3 Å². The summed E-state index contributed by atoms with van der Waals surface area (Å²) in [5, 5.41) is 0. The van der Waals surface area contributed by atoms with Crippen molar-refractivity contribution in [3.05, 3.63) is 72.3 Å². The number of hydrogen-bond donors (Lipinski definition) is 1. The number of fused-ring (bicyclic) bond motifs is 2. The lowest BCUT2D eigenvalue weighted by molar-refractivity contribution is -0.139. The van der Waals surface area contributed by atoms with Gasteiger partial charge in [-0.3, -0.25) is 19.4 Å². The number of rotatable bonds is 10. The van der Waals surface area contributed by atoms with E-state index >= 15 is 0 Å². The molecule has 1 N–H and O–H groups in total. The summed E-state index contributed by atoms with van der Waals surface area (Å²) in [6, 6.07) is 19.2. The first-order valence-electron chi connectivity index (χ1n) is 20.9. The van der Waals surface area contributed by atoms with E-state index in [2.05, 4.69) is 65.0 Å². The van der Waals surface area contributed by atoms with Gasteiger partial charge in [0.1, 0.15) is 23.7 Å². The Balaban J connectivity index is 1.10. The van der Waals surface area contributed by atoms with Gasteiger partial charge >= 0.3 is 12.2 Å². The summed E-state index contributed by atoms with van der Waals surface area (Å²) >= 11 is 0. The second kappa shape index (κ2) is 17.0. The van der Waals surface area contributed by atoms with Crippen molar-refractivity contribution >= 4 is 46.1 Å². The topological polar surface area (TPSA) is 146 Å². The van der Waals surface area contributed by atoms with Gasteiger partial charge in [-0.25, -0.2) is 19.6 Å². The van der Waals surface area contributed by atoms with Crippen LogP contribution < -0.4 is 0 Å². The van der Waals surface area contributed by atoms with Crippen molar-refractivity contribution in [2.24, 2.45) is 24.8 Å². The highest BCUT2D eigenvalue weighted by Gasteiger charge is 2.43. The summed E-state index contributed by atoms with van der Waals surface area (Å²) < 4.78 is 12.0. The Morgan fingerprint density at radius 1 is 0.733 bits per heavy atom. The molecular formula is C46H58N8O6. The van der Waals surface area contributed by atoms with Gasteiger partial charge < -0.3 is 28.8 Å². The zero-order valence-corrected chi connectivity index (χ0v) is 36.4. The van der Waals surface area contributed by atoms with Crippen LogP contribution in [0.1, 0.15) is 77.6 Å². The molecule has 4 heterocycles. The minimum atomic E-state index is -0.653. The van der Waals surface area contributed by atoms with Gasteiger partial charge in [0.15, 0.2) is 0 Å². The number of likely N-dealkylation sites (tertiary alicyclic amines) is 2. The first kappa shape index (κ1) is 42.2. The van der Waals surface area contributed by atoms with E-state index in [1.54, 1.807) is 14.1 Å². The lowest BCUT2D eigenvalue weighted by Gasteiger charge is -2.34. The number of aromatic amines is 1. The summed E-state index contributed by atoms with van der Waals surface area (Å²) in [4.78, 5) is 72.9. The molecule has 0 aliphatic carbocycles. The van der Waals surface area contributed by atoms with E-state index in [1.165, 1.54) is 24.0 Å². The van der Waals surface area contributed by atoms with E-state index in [9.17, 15) is 19.2 Å². The molecule has 14 nitrogen and oxygen atoms in total. The SMILES string of the molecule is COC(=O)N(C)[C@H](C(=O)N1C[C@@H](C)C[C@H]1c1nc2ccc(-c3ccc(-c4ccc5nc([C@@H]6CCCN6C(=O)[C@H](C(C)C)N(C)C(=O)OC)n(C)c5c4)cc3)cc2[nH]1)C(C)C. The molecule has 2 fully saturated rings. The number of ether oxygens (including phenoxy) is 2. The standard InChI is InChI=1S/C46H58N8O6/c1-26(2)39(51(7)45(57)59-9)43(55)53-21-11-12-36(53)42-49-34-20-18-32(24-37(34)50(42)6)30-15-13-29(14-16-30)31-17-19-33-35(23-31)48-41(47-33)38-22-28(5)25-54(38)44(56)40(27(3)4)52(8)46(58)60-10/h13-20,23-24,26-28,36,38-40H,11-12,21-22,25H2,1-10H3,(H,47,48)/t28-,36-,38-,39-,40-/m0/s1. The van der Waals surface area contributed by atoms with Crippen molar-refractivity contribution in [2.45, 2.75) is 78.0 Å². The number of amides is 4. The number of hydrogen-bond acceptors (Lipinski definition) is 8. The Morgan fingerprint density at radius 3 is 1.83 bits per heavy atom. The Hall–Kier alpha value is -5.92. The Bertz CT molecular complexity index is 2400. The largest absolute Gasteiger partial charge is 0.453 e. The molecule has 0 saturated carbocycles. The van der Waals surface area contributed by atoms with Crippen LogP contribution in [0.4, 0.5) is 9.59 Å². The number of aromatic nitrogens is 4. The third-order valence-corrected chi connectivity index (χ3v) is 12.4.